The molecule has 2 heterocycles. The van der Waals surface area contributed by atoms with Gasteiger partial charge in [0, 0.05) is 41.2 Å². The predicted molar refractivity (Wildman–Crippen MR) is 152 cm³/mol. The van der Waals surface area contributed by atoms with Crippen molar-refractivity contribution in [2.75, 3.05) is 5.32 Å². The number of carboxylic acids is 1. The van der Waals surface area contributed by atoms with Gasteiger partial charge in [0.1, 0.15) is 12.4 Å². The van der Waals surface area contributed by atoms with Gasteiger partial charge in [0.05, 0.1) is 22.5 Å². The lowest BCUT2D eigenvalue weighted by Gasteiger charge is -2.17. The lowest BCUT2D eigenvalue weighted by molar-refractivity contribution is -0.123. The molecule has 0 radical (unpaired) electrons. The number of aryl methyl sites for hydroxylation is 1. The highest BCUT2D eigenvalue weighted by molar-refractivity contribution is 6.30. The summed E-state index contributed by atoms with van der Waals surface area (Å²) in [5, 5.41) is 31.7. The number of aromatic carboxylic acids is 1. The van der Waals surface area contributed by atoms with E-state index < -0.39 is 23.8 Å². The number of para-hydroxylation sites is 1. The molecule has 13 heteroatoms. The molecule has 0 spiro atoms. The number of carbonyl (C=O) groups is 3. The first-order chi connectivity index (χ1) is 19.8. The monoisotopic (exact) mass is 570 g/mol. The zero-order valence-electron chi connectivity index (χ0n) is 21.6. The van der Waals surface area contributed by atoms with Crippen molar-refractivity contribution in [1.82, 2.24) is 35.3 Å². The van der Waals surface area contributed by atoms with E-state index in [2.05, 4.69) is 31.3 Å². The first kappa shape index (κ1) is 27.2. The van der Waals surface area contributed by atoms with Gasteiger partial charge in [-0.05, 0) is 65.0 Å². The van der Waals surface area contributed by atoms with Crippen molar-refractivity contribution in [3.05, 3.63) is 101 Å². The van der Waals surface area contributed by atoms with Gasteiger partial charge in [-0.2, -0.15) is 9.78 Å². The van der Waals surface area contributed by atoms with Gasteiger partial charge in [-0.1, -0.05) is 29.8 Å². The number of tetrazole rings is 1. The van der Waals surface area contributed by atoms with Gasteiger partial charge in [-0.15, -0.1) is 5.10 Å². The van der Waals surface area contributed by atoms with Crippen LogP contribution < -0.4 is 10.6 Å². The van der Waals surface area contributed by atoms with Crippen LogP contribution in [0.25, 0.3) is 22.7 Å². The summed E-state index contributed by atoms with van der Waals surface area (Å²) in [7, 11) is 1.81. The van der Waals surface area contributed by atoms with E-state index in [0.717, 1.165) is 10.9 Å². The number of amides is 2. The summed E-state index contributed by atoms with van der Waals surface area (Å²) in [5.74, 6) is -2.11. The molecular weight excluding hydrogens is 548 g/mol. The van der Waals surface area contributed by atoms with Gasteiger partial charge in [0.15, 0.2) is 0 Å². The van der Waals surface area contributed by atoms with E-state index in [0.29, 0.717) is 27.7 Å². The molecule has 0 aliphatic rings. The maximum absolute atomic E-state index is 13.4. The average molecular weight is 571 g/mol. The molecule has 3 aromatic carbocycles. The van der Waals surface area contributed by atoms with E-state index in [4.69, 9.17) is 16.7 Å². The summed E-state index contributed by atoms with van der Waals surface area (Å²) in [4.78, 5) is 37.7. The highest BCUT2D eigenvalue weighted by Crippen LogP contribution is 2.21. The Morgan fingerprint density at radius 3 is 2.59 bits per heavy atom. The minimum Gasteiger partial charge on any atom is -0.478 e. The van der Waals surface area contributed by atoms with E-state index >= 15 is 0 Å². The molecule has 0 saturated heterocycles. The van der Waals surface area contributed by atoms with Crippen LogP contribution >= 0.6 is 11.6 Å². The second kappa shape index (κ2) is 11.8. The van der Waals surface area contributed by atoms with Crippen LogP contribution in [0.1, 0.15) is 21.6 Å². The smallest absolute Gasteiger partial charge is 0.335 e. The average Bonchev–Trinajstić information content (AvgIpc) is 3.60. The topological polar surface area (TPSA) is 157 Å². The molecule has 0 aliphatic carbocycles. The summed E-state index contributed by atoms with van der Waals surface area (Å²) in [5.41, 5.74) is 3.15. The van der Waals surface area contributed by atoms with E-state index in [1.807, 2.05) is 24.3 Å². The molecule has 3 N–H and O–H groups in total. The third-order valence-corrected chi connectivity index (χ3v) is 6.50. The Morgan fingerprint density at radius 1 is 1.07 bits per heavy atom. The van der Waals surface area contributed by atoms with Crippen LogP contribution in [0.3, 0.4) is 0 Å². The first-order valence-electron chi connectivity index (χ1n) is 12.3. The van der Waals surface area contributed by atoms with Crippen molar-refractivity contribution < 1.29 is 19.5 Å². The van der Waals surface area contributed by atoms with Crippen LogP contribution in [0, 0.1) is 0 Å². The van der Waals surface area contributed by atoms with Crippen LogP contribution in [-0.4, -0.2) is 58.9 Å². The fourth-order valence-electron chi connectivity index (χ4n) is 4.29. The Balaban J connectivity index is 1.40. The van der Waals surface area contributed by atoms with Gasteiger partial charge in [-0.3, -0.25) is 14.3 Å². The highest BCUT2D eigenvalue weighted by atomic mass is 35.5. The van der Waals surface area contributed by atoms with Crippen LogP contribution in [0.5, 0.6) is 0 Å². The standard InChI is InChI=1S/C28H23ClN8O4/c1-36-25-5-3-2-4-21(25)22(33-36)15-23(27(39)31-20-10-6-17(7-11-20)28(40)41)32-26(38)13-8-18-14-19(29)9-12-24(18)37-16-30-34-35-37/h2-14,16,23H,15H2,1H3,(H,31,39)(H,32,38)(H,40,41)/b13-8+/t23-/m0/s1. The zero-order chi connectivity index (χ0) is 28.9. The number of benzene rings is 3. The summed E-state index contributed by atoms with van der Waals surface area (Å²) in [6, 6.07) is 17.4. The van der Waals surface area contributed by atoms with Crippen molar-refractivity contribution in [3.63, 3.8) is 0 Å². The molecule has 0 bridgehead atoms. The van der Waals surface area contributed by atoms with Crippen molar-refractivity contribution in [2.45, 2.75) is 12.5 Å². The molecule has 1 atom stereocenters. The predicted octanol–water partition coefficient (Wildman–Crippen LogP) is 3.28. The van der Waals surface area contributed by atoms with Crippen molar-refractivity contribution in [1.29, 1.82) is 0 Å². The second-order valence-corrected chi connectivity index (χ2v) is 9.45. The molecule has 2 aromatic heterocycles. The minimum atomic E-state index is -1.08. The summed E-state index contributed by atoms with van der Waals surface area (Å²) >= 11 is 6.17. The number of hydrogen-bond donors (Lipinski definition) is 3. The van der Waals surface area contributed by atoms with Crippen molar-refractivity contribution >= 4 is 52.1 Å². The summed E-state index contributed by atoms with van der Waals surface area (Å²) in [6.45, 7) is 0. The SMILES string of the molecule is Cn1nc(C[C@H](NC(=O)/C=C/c2cc(Cl)ccc2-n2cnnn2)C(=O)Nc2ccc(C(=O)O)cc2)c2ccccc21. The number of halogens is 1. The molecule has 0 aliphatic heterocycles. The largest absolute Gasteiger partial charge is 0.478 e. The van der Waals surface area contributed by atoms with Gasteiger partial charge < -0.3 is 15.7 Å². The lowest BCUT2D eigenvalue weighted by atomic mass is 10.1. The molecule has 206 valence electrons. The number of fused-ring (bicyclic) bond motifs is 1. The maximum Gasteiger partial charge on any atom is 0.335 e. The molecule has 0 unspecified atom stereocenters. The Labute approximate surface area is 238 Å². The van der Waals surface area contributed by atoms with Crippen LogP contribution in [-0.2, 0) is 23.1 Å². The van der Waals surface area contributed by atoms with Crippen molar-refractivity contribution in [2.24, 2.45) is 7.05 Å². The van der Waals surface area contributed by atoms with Crippen molar-refractivity contribution in [3.8, 4) is 5.69 Å². The van der Waals surface area contributed by atoms with Crippen LogP contribution in [0.15, 0.2) is 79.1 Å². The fourth-order valence-corrected chi connectivity index (χ4v) is 4.47. The van der Waals surface area contributed by atoms with Gasteiger partial charge in [0.2, 0.25) is 11.8 Å². The number of carbonyl (C=O) groups excluding carboxylic acids is 2. The molecule has 41 heavy (non-hydrogen) atoms. The van der Waals surface area contributed by atoms with E-state index in [-0.39, 0.29) is 12.0 Å². The number of carboxylic acid groups (broad SMARTS) is 1. The molecule has 5 aromatic rings. The maximum atomic E-state index is 13.4. The molecular formula is C28H23ClN8O4. The number of hydrogen-bond acceptors (Lipinski definition) is 7. The summed E-state index contributed by atoms with van der Waals surface area (Å²) in [6.07, 6.45) is 4.36. The highest BCUT2D eigenvalue weighted by Gasteiger charge is 2.24. The third-order valence-electron chi connectivity index (χ3n) is 6.26. The van der Waals surface area contributed by atoms with E-state index in [9.17, 15) is 14.4 Å². The minimum absolute atomic E-state index is 0.0833. The number of rotatable bonds is 9. The Bertz CT molecular complexity index is 1760. The Morgan fingerprint density at radius 2 is 1.85 bits per heavy atom. The quantitative estimate of drug-likeness (QED) is 0.228. The molecule has 0 fully saturated rings. The fraction of sp³-hybridized carbons (Fsp3) is 0.107. The molecule has 0 saturated carbocycles. The normalized spacial score (nSPS) is 12.0. The number of anilines is 1. The Hall–Kier alpha value is -5.36. The second-order valence-electron chi connectivity index (χ2n) is 9.02. The Kier molecular flexibility index (Phi) is 7.83. The molecule has 5 rings (SSSR count). The number of nitrogens with one attached hydrogen (secondary N) is 2. The third kappa shape index (κ3) is 6.28. The van der Waals surface area contributed by atoms with E-state index in [1.165, 1.54) is 41.4 Å². The van der Waals surface area contributed by atoms with Gasteiger partial charge >= 0.3 is 5.97 Å². The van der Waals surface area contributed by atoms with Crippen LogP contribution in [0.2, 0.25) is 5.02 Å². The van der Waals surface area contributed by atoms with Gasteiger partial charge in [0.25, 0.3) is 0 Å². The van der Waals surface area contributed by atoms with Gasteiger partial charge in [-0.25, -0.2) is 4.79 Å². The number of nitrogens with zero attached hydrogens (tertiary/aromatic N) is 6. The zero-order valence-corrected chi connectivity index (χ0v) is 22.4. The number of aromatic nitrogens is 6. The van der Waals surface area contributed by atoms with Crippen LogP contribution in [0.4, 0.5) is 5.69 Å². The first-order valence-corrected chi connectivity index (χ1v) is 12.7. The molecule has 12 nitrogen and oxygen atoms in total. The van der Waals surface area contributed by atoms with E-state index in [1.54, 1.807) is 36.0 Å². The summed E-state index contributed by atoms with van der Waals surface area (Å²) < 4.78 is 3.15. The molecule has 2 amide bonds. The lowest BCUT2D eigenvalue weighted by Crippen LogP contribution is -2.44.